The highest BCUT2D eigenvalue weighted by atomic mass is 35.5. The topological polar surface area (TPSA) is 59.8 Å². The number of nitrogens with zero attached hydrogens (tertiary/aromatic N) is 3. The van der Waals surface area contributed by atoms with Crippen LogP contribution in [0.1, 0.15) is 29.1 Å². The molecule has 0 aliphatic rings. The summed E-state index contributed by atoms with van der Waals surface area (Å²) in [5.41, 5.74) is 2.54. The zero-order valence-electron chi connectivity index (χ0n) is 15.4. The summed E-state index contributed by atoms with van der Waals surface area (Å²) in [5.74, 6) is 0.752. The van der Waals surface area contributed by atoms with E-state index in [1.54, 1.807) is 6.07 Å². The van der Waals surface area contributed by atoms with Crippen LogP contribution in [-0.2, 0) is 18.3 Å². The number of thioether (sulfide) groups is 1. The molecule has 0 aliphatic carbocycles. The highest BCUT2D eigenvalue weighted by Gasteiger charge is 2.25. The van der Waals surface area contributed by atoms with Crippen LogP contribution in [0.15, 0.2) is 53.7 Å². The molecule has 1 atom stereocenters. The molecule has 1 aromatic heterocycles. The third kappa shape index (κ3) is 4.51. The van der Waals surface area contributed by atoms with Gasteiger partial charge in [-0.3, -0.25) is 4.79 Å². The fraction of sp³-hybridized carbons (Fsp3) is 0.250. The lowest BCUT2D eigenvalue weighted by atomic mass is 10.1. The van der Waals surface area contributed by atoms with Crippen molar-refractivity contribution < 1.29 is 4.79 Å². The standard InChI is InChI=1S/C20H21ClN4OS/c1-4-17-23-24-20(25(17)3)27-18(14-8-6-5-7-9-14)19(26)22-15-11-10-13(2)16(21)12-15/h5-12,18H,4H2,1-3H3,(H,22,26). The molecule has 0 saturated heterocycles. The van der Waals surface area contributed by atoms with E-state index in [-0.39, 0.29) is 5.91 Å². The molecule has 0 spiro atoms. The Balaban J connectivity index is 1.88. The molecule has 1 heterocycles. The zero-order chi connectivity index (χ0) is 19.4. The molecular formula is C20H21ClN4OS. The molecule has 1 N–H and O–H groups in total. The van der Waals surface area contributed by atoms with Gasteiger partial charge < -0.3 is 9.88 Å². The van der Waals surface area contributed by atoms with E-state index in [4.69, 9.17) is 11.6 Å². The Morgan fingerprint density at radius 2 is 1.96 bits per heavy atom. The number of aromatic nitrogens is 3. The Labute approximate surface area is 168 Å². The van der Waals surface area contributed by atoms with Gasteiger partial charge in [-0.2, -0.15) is 0 Å². The number of halogens is 1. The molecule has 1 amide bonds. The second kappa shape index (κ2) is 8.59. The molecule has 140 valence electrons. The van der Waals surface area contributed by atoms with Crippen molar-refractivity contribution in [1.82, 2.24) is 14.8 Å². The molecule has 7 heteroatoms. The third-order valence-electron chi connectivity index (χ3n) is 4.24. The second-order valence-corrected chi connectivity index (χ2v) is 7.65. The van der Waals surface area contributed by atoms with Crippen LogP contribution in [0.2, 0.25) is 5.02 Å². The van der Waals surface area contributed by atoms with Gasteiger partial charge in [-0.05, 0) is 30.2 Å². The predicted octanol–water partition coefficient (Wildman–Crippen LogP) is 4.81. The van der Waals surface area contributed by atoms with Crippen LogP contribution in [0.3, 0.4) is 0 Å². The largest absolute Gasteiger partial charge is 0.325 e. The van der Waals surface area contributed by atoms with Crippen LogP contribution in [0.25, 0.3) is 0 Å². The van der Waals surface area contributed by atoms with Gasteiger partial charge in [0, 0.05) is 24.2 Å². The lowest BCUT2D eigenvalue weighted by Gasteiger charge is -2.17. The summed E-state index contributed by atoms with van der Waals surface area (Å²) in [5, 5.41) is 12.3. The van der Waals surface area contributed by atoms with Crippen molar-refractivity contribution >= 4 is 35.0 Å². The Kier molecular flexibility index (Phi) is 6.19. The van der Waals surface area contributed by atoms with Gasteiger partial charge in [0.05, 0.1) is 0 Å². The minimum atomic E-state index is -0.459. The van der Waals surface area contributed by atoms with Crippen molar-refractivity contribution in [3.63, 3.8) is 0 Å². The number of carbonyl (C=O) groups excluding carboxylic acids is 1. The van der Waals surface area contributed by atoms with Crippen LogP contribution in [0.5, 0.6) is 0 Å². The van der Waals surface area contributed by atoms with Gasteiger partial charge in [0.2, 0.25) is 5.91 Å². The fourth-order valence-corrected chi connectivity index (χ4v) is 3.84. The maximum Gasteiger partial charge on any atom is 0.242 e. The molecular weight excluding hydrogens is 380 g/mol. The first kappa shape index (κ1) is 19.5. The van der Waals surface area contributed by atoms with E-state index in [9.17, 15) is 4.79 Å². The maximum absolute atomic E-state index is 13.1. The molecule has 3 aromatic rings. The summed E-state index contributed by atoms with van der Waals surface area (Å²) in [6.45, 7) is 3.96. The van der Waals surface area contributed by atoms with Crippen LogP contribution in [-0.4, -0.2) is 20.7 Å². The van der Waals surface area contributed by atoms with Crippen LogP contribution < -0.4 is 5.32 Å². The molecule has 1 unspecified atom stereocenters. The average molecular weight is 401 g/mol. The molecule has 0 saturated carbocycles. The predicted molar refractivity (Wildman–Crippen MR) is 110 cm³/mol. The number of benzene rings is 2. The van der Waals surface area contributed by atoms with Crippen LogP contribution in [0, 0.1) is 6.92 Å². The van der Waals surface area contributed by atoms with Crippen LogP contribution in [0.4, 0.5) is 5.69 Å². The van der Waals surface area contributed by atoms with Gasteiger partial charge in [0.25, 0.3) is 0 Å². The normalized spacial score (nSPS) is 12.0. The average Bonchev–Trinajstić information content (AvgIpc) is 3.03. The maximum atomic E-state index is 13.1. The summed E-state index contributed by atoms with van der Waals surface area (Å²) >= 11 is 7.57. The van der Waals surface area contributed by atoms with E-state index in [1.165, 1.54) is 11.8 Å². The molecule has 0 fully saturated rings. The smallest absolute Gasteiger partial charge is 0.242 e. The Bertz CT molecular complexity index is 942. The Hall–Kier alpha value is -2.31. The summed E-state index contributed by atoms with van der Waals surface area (Å²) in [6, 6.07) is 15.2. The minimum absolute atomic E-state index is 0.132. The molecule has 27 heavy (non-hydrogen) atoms. The molecule has 2 aromatic carbocycles. The monoisotopic (exact) mass is 400 g/mol. The van der Waals surface area contributed by atoms with E-state index in [0.29, 0.717) is 15.9 Å². The molecule has 0 bridgehead atoms. The van der Waals surface area contributed by atoms with Crippen LogP contribution >= 0.6 is 23.4 Å². The first-order valence-corrected chi connectivity index (χ1v) is 9.92. The second-order valence-electron chi connectivity index (χ2n) is 6.17. The lowest BCUT2D eigenvalue weighted by Crippen LogP contribution is -2.19. The van der Waals surface area contributed by atoms with Crippen molar-refractivity contribution in [2.45, 2.75) is 30.7 Å². The summed E-state index contributed by atoms with van der Waals surface area (Å²) in [7, 11) is 1.92. The van der Waals surface area contributed by atoms with Crippen molar-refractivity contribution in [3.8, 4) is 0 Å². The summed E-state index contributed by atoms with van der Waals surface area (Å²) in [6.07, 6.45) is 0.786. The molecule has 0 radical (unpaired) electrons. The van der Waals surface area contributed by atoms with E-state index < -0.39 is 5.25 Å². The number of aryl methyl sites for hydroxylation is 2. The SMILES string of the molecule is CCc1nnc(SC(C(=O)Nc2ccc(C)c(Cl)c2)c2ccccc2)n1C. The number of nitrogens with one attached hydrogen (secondary N) is 1. The number of anilines is 1. The number of amides is 1. The van der Waals surface area contributed by atoms with E-state index in [0.717, 1.165) is 23.4 Å². The first-order valence-electron chi connectivity index (χ1n) is 8.66. The number of carbonyl (C=O) groups is 1. The molecule has 0 aliphatic heterocycles. The fourth-order valence-electron chi connectivity index (χ4n) is 2.64. The third-order valence-corrected chi connectivity index (χ3v) is 5.94. The lowest BCUT2D eigenvalue weighted by molar-refractivity contribution is -0.115. The Morgan fingerprint density at radius 1 is 1.22 bits per heavy atom. The van der Waals surface area contributed by atoms with Crippen molar-refractivity contribution in [3.05, 3.63) is 70.5 Å². The Morgan fingerprint density at radius 3 is 2.59 bits per heavy atom. The number of rotatable bonds is 6. The summed E-state index contributed by atoms with van der Waals surface area (Å²) < 4.78 is 1.93. The molecule has 5 nitrogen and oxygen atoms in total. The van der Waals surface area contributed by atoms with Crippen molar-refractivity contribution in [1.29, 1.82) is 0 Å². The molecule has 3 rings (SSSR count). The van der Waals surface area contributed by atoms with Gasteiger partial charge in [0.15, 0.2) is 5.16 Å². The van der Waals surface area contributed by atoms with E-state index >= 15 is 0 Å². The quantitative estimate of drug-likeness (QED) is 0.603. The van der Waals surface area contributed by atoms with Gasteiger partial charge in [-0.1, -0.05) is 66.7 Å². The van der Waals surface area contributed by atoms with E-state index in [1.807, 2.05) is 67.9 Å². The number of hydrogen-bond acceptors (Lipinski definition) is 4. The highest BCUT2D eigenvalue weighted by molar-refractivity contribution is 8.00. The van der Waals surface area contributed by atoms with E-state index in [2.05, 4.69) is 15.5 Å². The highest BCUT2D eigenvalue weighted by Crippen LogP contribution is 2.35. The first-order chi connectivity index (χ1) is 13.0. The van der Waals surface area contributed by atoms with Gasteiger partial charge in [-0.25, -0.2) is 0 Å². The van der Waals surface area contributed by atoms with Crippen molar-refractivity contribution in [2.24, 2.45) is 7.05 Å². The van der Waals surface area contributed by atoms with Gasteiger partial charge in [0.1, 0.15) is 11.1 Å². The van der Waals surface area contributed by atoms with Gasteiger partial charge >= 0.3 is 0 Å². The minimum Gasteiger partial charge on any atom is -0.325 e. The summed E-state index contributed by atoms with van der Waals surface area (Å²) in [4.78, 5) is 13.1. The van der Waals surface area contributed by atoms with Crippen molar-refractivity contribution in [2.75, 3.05) is 5.32 Å². The zero-order valence-corrected chi connectivity index (χ0v) is 17.0. The number of hydrogen-bond donors (Lipinski definition) is 1. The van der Waals surface area contributed by atoms with Gasteiger partial charge in [-0.15, -0.1) is 10.2 Å².